The predicted octanol–water partition coefficient (Wildman–Crippen LogP) is 5.74. The largest absolute Gasteiger partial charge is 0.460 e. The highest BCUT2D eigenvalue weighted by molar-refractivity contribution is 6.08. The van der Waals surface area contributed by atoms with E-state index in [4.69, 9.17) is 4.74 Å². The number of amides is 1. The molecule has 0 radical (unpaired) electrons. The second-order valence-corrected chi connectivity index (χ2v) is 10.5. The summed E-state index contributed by atoms with van der Waals surface area (Å²) < 4.78 is 7.46. The van der Waals surface area contributed by atoms with Crippen LogP contribution in [0, 0.1) is 5.41 Å². The van der Waals surface area contributed by atoms with Crippen molar-refractivity contribution in [3.63, 3.8) is 0 Å². The van der Waals surface area contributed by atoms with Crippen molar-refractivity contribution in [3.05, 3.63) is 96.4 Å². The minimum absolute atomic E-state index is 0.143. The lowest BCUT2D eigenvalue weighted by atomic mass is 9.90. The summed E-state index contributed by atoms with van der Waals surface area (Å²) in [7, 11) is 0. The molecule has 0 aliphatic carbocycles. The molecule has 1 atom stereocenters. The molecule has 5 rings (SSSR count). The first-order chi connectivity index (χ1) is 18.8. The first-order valence-electron chi connectivity index (χ1n) is 13.2. The Hall–Kier alpha value is -4.46. The standard InChI is InChI=1S/C31H33N5O3/c1-22(2)36-19-25(18-33-36)29(37)34-27-26(24-12-8-5-9-13-24)14-16-32-28(27)35-17-15-31(3,21-35)30(38)39-20-23-10-6-4-7-11-23/h4-14,16,18-19,22H,15,17,20-21H2,1-3H3,(H,34,37). The van der Waals surface area contributed by atoms with E-state index in [0.717, 1.165) is 16.7 Å². The van der Waals surface area contributed by atoms with Gasteiger partial charge in [-0.15, -0.1) is 0 Å². The van der Waals surface area contributed by atoms with Gasteiger partial charge < -0.3 is 15.0 Å². The molecule has 1 aliphatic heterocycles. The Morgan fingerprint density at radius 1 is 1.05 bits per heavy atom. The van der Waals surface area contributed by atoms with E-state index in [1.807, 2.05) is 87.5 Å². The number of rotatable bonds is 8. The number of nitrogens with one attached hydrogen (secondary N) is 1. The van der Waals surface area contributed by atoms with E-state index in [0.29, 0.717) is 36.6 Å². The highest BCUT2D eigenvalue weighted by Gasteiger charge is 2.43. The van der Waals surface area contributed by atoms with Crippen LogP contribution in [0.5, 0.6) is 0 Å². The fourth-order valence-electron chi connectivity index (χ4n) is 4.80. The average molecular weight is 524 g/mol. The molecule has 0 spiro atoms. The summed E-state index contributed by atoms with van der Waals surface area (Å²) in [5, 5.41) is 7.43. The van der Waals surface area contributed by atoms with Gasteiger partial charge in [0.25, 0.3) is 5.91 Å². The molecule has 3 heterocycles. The van der Waals surface area contributed by atoms with E-state index in [9.17, 15) is 9.59 Å². The zero-order chi connectivity index (χ0) is 27.4. The fourth-order valence-corrected chi connectivity index (χ4v) is 4.80. The number of hydrogen-bond donors (Lipinski definition) is 1. The van der Waals surface area contributed by atoms with Crippen molar-refractivity contribution in [1.82, 2.24) is 14.8 Å². The van der Waals surface area contributed by atoms with Gasteiger partial charge in [-0.1, -0.05) is 60.7 Å². The Labute approximate surface area is 228 Å². The molecule has 4 aromatic rings. The van der Waals surface area contributed by atoms with Gasteiger partial charge in [0.1, 0.15) is 6.61 Å². The Morgan fingerprint density at radius 3 is 2.46 bits per heavy atom. The lowest BCUT2D eigenvalue weighted by Gasteiger charge is -2.25. The molecule has 39 heavy (non-hydrogen) atoms. The van der Waals surface area contributed by atoms with Crippen LogP contribution < -0.4 is 10.2 Å². The SMILES string of the molecule is CC(C)n1cc(C(=O)Nc2c(-c3ccccc3)ccnc2N2CCC(C)(C(=O)OCc3ccccc3)C2)cn1. The van der Waals surface area contributed by atoms with Crippen LogP contribution >= 0.6 is 0 Å². The summed E-state index contributed by atoms with van der Waals surface area (Å²) in [6.07, 6.45) is 5.68. The van der Waals surface area contributed by atoms with Gasteiger partial charge in [0.15, 0.2) is 5.82 Å². The van der Waals surface area contributed by atoms with Crippen LogP contribution in [0.2, 0.25) is 0 Å². The van der Waals surface area contributed by atoms with Crippen LogP contribution in [-0.4, -0.2) is 39.7 Å². The molecule has 1 saturated heterocycles. The van der Waals surface area contributed by atoms with Gasteiger partial charge in [0.2, 0.25) is 0 Å². The number of esters is 1. The molecule has 0 bridgehead atoms. The maximum Gasteiger partial charge on any atom is 0.313 e. The van der Waals surface area contributed by atoms with Gasteiger partial charge in [-0.25, -0.2) is 4.98 Å². The Kier molecular flexibility index (Phi) is 7.45. The minimum Gasteiger partial charge on any atom is -0.460 e. The van der Waals surface area contributed by atoms with Gasteiger partial charge in [0.05, 0.1) is 22.9 Å². The van der Waals surface area contributed by atoms with E-state index >= 15 is 0 Å². The zero-order valence-electron chi connectivity index (χ0n) is 22.5. The van der Waals surface area contributed by atoms with Crippen molar-refractivity contribution < 1.29 is 14.3 Å². The highest BCUT2D eigenvalue weighted by atomic mass is 16.5. The molecule has 1 unspecified atom stereocenters. The van der Waals surface area contributed by atoms with E-state index in [2.05, 4.69) is 20.3 Å². The van der Waals surface area contributed by atoms with Crippen molar-refractivity contribution >= 4 is 23.4 Å². The minimum atomic E-state index is -0.696. The molecule has 8 nitrogen and oxygen atoms in total. The Morgan fingerprint density at radius 2 is 1.77 bits per heavy atom. The van der Waals surface area contributed by atoms with Gasteiger partial charge in [0, 0.05) is 37.1 Å². The van der Waals surface area contributed by atoms with E-state index < -0.39 is 5.41 Å². The third-order valence-corrected chi connectivity index (χ3v) is 7.13. The molecule has 1 amide bonds. The van der Waals surface area contributed by atoms with E-state index in [1.54, 1.807) is 23.3 Å². The maximum absolute atomic E-state index is 13.4. The average Bonchev–Trinajstić information content (AvgIpc) is 3.61. The summed E-state index contributed by atoms with van der Waals surface area (Å²) in [4.78, 5) is 33.3. The Balaban J connectivity index is 1.42. The molecule has 2 aromatic carbocycles. The van der Waals surface area contributed by atoms with Crippen LogP contribution in [0.25, 0.3) is 11.1 Å². The number of carbonyl (C=O) groups is 2. The van der Waals surface area contributed by atoms with Crippen LogP contribution in [0.15, 0.2) is 85.3 Å². The van der Waals surface area contributed by atoms with Crippen LogP contribution in [0.1, 0.15) is 49.2 Å². The van der Waals surface area contributed by atoms with Gasteiger partial charge in [-0.2, -0.15) is 5.10 Å². The molecular weight excluding hydrogens is 490 g/mol. The number of carbonyl (C=O) groups excluding carboxylic acids is 2. The Bertz CT molecular complexity index is 1450. The smallest absolute Gasteiger partial charge is 0.313 e. The normalized spacial score (nSPS) is 16.9. The molecular formula is C31H33N5O3. The number of benzene rings is 2. The number of hydrogen-bond acceptors (Lipinski definition) is 6. The molecule has 0 saturated carbocycles. The molecule has 1 N–H and O–H groups in total. The first kappa shape index (κ1) is 26.2. The molecule has 8 heteroatoms. The summed E-state index contributed by atoms with van der Waals surface area (Å²) in [5.74, 6) is 0.123. The topological polar surface area (TPSA) is 89.4 Å². The van der Waals surface area contributed by atoms with Crippen molar-refractivity contribution in [2.75, 3.05) is 23.3 Å². The summed E-state index contributed by atoms with van der Waals surface area (Å²) in [6.45, 7) is 7.23. The monoisotopic (exact) mass is 523 g/mol. The number of ether oxygens (including phenoxy) is 1. The van der Waals surface area contributed by atoms with E-state index in [-0.39, 0.29) is 24.5 Å². The number of anilines is 2. The number of pyridine rings is 1. The zero-order valence-corrected chi connectivity index (χ0v) is 22.5. The van der Waals surface area contributed by atoms with Crippen LogP contribution in [0.4, 0.5) is 11.5 Å². The van der Waals surface area contributed by atoms with Crippen molar-refractivity contribution in [1.29, 1.82) is 0 Å². The van der Waals surface area contributed by atoms with Crippen molar-refractivity contribution in [2.24, 2.45) is 5.41 Å². The lowest BCUT2D eigenvalue weighted by molar-refractivity contribution is -0.155. The molecule has 1 fully saturated rings. The van der Waals surface area contributed by atoms with Gasteiger partial charge >= 0.3 is 5.97 Å². The van der Waals surface area contributed by atoms with Crippen molar-refractivity contribution in [3.8, 4) is 11.1 Å². The summed E-state index contributed by atoms with van der Waals surface area (Å²) in [5.41, 5.74) is 3.14. The lowest BCUT2D eigenvalue weighted by Crippen LogP contribution is -2.34. The molecule has 2 aromatic heterocycles. The third-order valence-electron chi connectivity index (χ3n) is 7.13. The first-order valence-corrected chi connectivity index (χ1v) is 13.2. The van der Waals surface area contributed by atoms with Crippen LogP contribution in [0.3, 0.4) is 0 Å². The summed E-state index contributed by atoms with van der Waals surface area (Å²) in [6, 6.07) is 21.6. The fraction of sp³-hybridized carbons (Fsp3) is 0.290. The van der Waals surface area contributed by atoms with E-state index in [1.165, 1.54) is 0 Å². The number of nitrogens with zero attached hydrogens (tertiary/aromatic N) is 4. The third kappa shape index (κ3) is 5.70. The van der Waals surface area contributed by atoms with Gasteiger partial charge in [-0.05, 0) is 44.4 Å². The molecule has 1 aliphatic rings. The molecule has 200 valence electrons. The quantitative estimate of drug-likeness (QED) is 0.296. The van der Waals surface area contributed by atoms with Crippen molar-refractivity contribution in [2.45, 2.75) is 39.8 Å². The van der Waals surface area contributed by atoms with Gasteiger partial charge in [-0.3, -0.25) is 14.3 Å². The second-order valence-electron chi connectivity index (χ2n) is 10.5. The number of aromatic nitrogens is 3. The maximum atomic E-state index is 13.4. The van der Waals surface area contributed by atoms with Crippen LogP contribution in [-0.2, 0) is 16.1 Å². The highest BCUT2D eigenvalue weighted by Crippen LogP contribution is 2.40. The summed E-state index contributed by atoms with van der Waals surface area (Å²) >= 11 is 0. The predicted molar refractivity (Wildman–Crippen MR) is 151 cm³/mol. The second kappa shape index (κ2) is 11.1.